The molecule has 3 aromatic rings. The number of aromatic nitrogens is 3. The maximum Gasteiger partial charge on any atom is 0.244 e. The van der Waals surface area contributed by atoms with Crippen molar-refractivity contribution in [3.8, 4) is 17.0 Å². The molecular formula is C28H30F2N6O2. The van der Waals surface area contributed by atoms with Gasteiger partial charge in [-0.2, -0.15) is 0 Å². The van der Waals surface area contributed by atoms with E-state index in [1.807, 2.05) is 19.9 Å². The second-order valence-corrected chi connectivity index (χ2v) is 10.2. The number of hydrogen-bond acceptors (Lipinski definition) is 7. The minimum Gasteiger partial charge on any atom is -0.481 e. The van der Waals surface area contributed by atoms with Gasteiger partial charge < -0.3 is 20.3 Å². The number of nitrogens with one attached hydrogen (secondary N) is 2. The van der Waals surface area contributed by atoms with Gasteiger partial charge in [0.1, 0.15) is 17.1 Å². The zero-order chi connectivity index (χ0) is 27.0. The fourth-order valence-electron chi connectivity index (χ4n) is 4.68. The molecule has 0 aliphatic carbocycles. The van der Waals surface area contributed by atoms with Crippen LogP contribution >= 0.6 is 0 Å². The lowest BCUT2D eigenvalue weighted by Gasteiger charge is -2.44. The number of pyridine rings is 1. The molecule has 38 heavy (non-hydrogen) atoms. The van der Waals surface area contributed by atoms with Gasteiger partial charge in [-0.3, -0.25) is 4.79 Å². The van der Waals surface area contributed by atoms with Crippen LogP contribution in [0.5, 0.6) is 5.75 Å². The van der Waals surface area contributed by atoms with Crippen LogP contribution in [0.25, 0.3) is 16.8 Å². The quantitative estimate of drug-likeness (QED) is 0.459. The number of fused-ring (bicyclic) bond motifs is 1. The molecule has 0 radical (unpaired) electrons. The van der Waals surface area contributed by atoms with Crippen LogP contribution in [-0.4, -0.2) is 45.6 Å². The number of benzene rings is 1. The molecule has 0 bridgehead atoms. The van der Waals surface area contributed by atoms with Gasteiger partial charge in [0.05, 0.1) is 18.4 Å². The molecule has 2 aliphatic rings. The maximum absolute atomic E-state index is 15.3. The number of rotatable bonds is 6. The van der Waals surface area contributed by atoms with Crippen molar-refractivity contribution in [3.05, 3.63) is 59.9 Å². The number of carbonyl (C=O) groups is 1. The predicted octanol–water partition coefficient (Wildman–Crippen LogP) is 5.24. The van der Waals surface area contributed by atoms with Crippen molar-refractivity contribution in [2.24, 2.45) is 0 Å². The number of anilines is 3. The highest BCUT2D eigenvalue weighted by Gasteiger charge is 2.36. The molecule has 10 heteroatoms. The monoisotopic (exact) mass is 520 g/mol. The van der Waals surface area contributed by atoms with Crippen LogP contribution < -0.4 is 20.3 Å². The molecule has 5 rings (SSSR count). The summed E-state index contributed by atoms with van der Waals surface area (Å²) < 4.78 is 36.2. The van der Waals surface area contributed by atoms with Gasteiger partial charge in [-0.1, -0.05) is 6.92 Å². The summed E-state index contributed by atoms with van der Waals surface area (Å²) in [7, 11) is 0. The van der Waals surface area contributed by atoms with Crippen molar-refractivity contribution in [2.45, 2.75) is 52.2 Å². The fourth-order valence-corrected chi connectivity index (χ4v) is 4.68. The van der Waals surface area contributed by atoms with Gasteiger partial charge >= 0.3 is 0 Å². The highest BCUT2D eigenvalue weighted by Crippen LogP contribution is 2.43. The lowest BCUT2D eigenvalue weighted by Crippen LogP contribution is -2.50. The zero-order valence-electron chi connectivity index (χ0n) is 21.8. The summed E-state index contributed by atoms with van der Waals surface area (Å²) >= 11 is 0. The van der Waals surface area contributed by atoms with E-state index in [9.17, 15) is 9.18 Å². The Morgan fingerprint density at radius 1 is 1.16 bits per heavy atom. The minimum atomic E-state index is -0.673. The Kier molecular flexibility index (Phi) is 6.73. The first-order chi connectivity index (χ1) is 18.1. The van der Waals surface area contributed by atoms with Crippen LogP contribution in [0.15, 0.2) is 42.7 Å². The Bertz CT molecular complexity index is 1410. The average molecular weight is 521 g/mol. The lowest BCUT2D eigenvalue weighted by molar-refractivity contribution is -0.116. The first kappa shape index (κ1) is 25.6. The van der Waals surface area contributed by atoms with Gasteiger partial charge in [0, 0.05) is 30.4 Å². The number of halogens is 2. The van der Waals surface area contributed by atoms with Crippen LogP contribution in [0.4, 0.5) is 26.2 Å². The molecule has 0 fully saturated rings. The molecule has 198 valence electrons. The van der Waals surface area contributed by atoms with Gasteiger partial charge in [0.15, 0.2) is 17.4 Å². The largest absolute Gasteiger partial charge is 0.481 e. The molecule has 1 aromatic carbocycles. The van der Waals surface area contributed by atoms with E-state index in [4.69, 9.17) is 4.74 Å². The number of nitrogens with zero attached hydrogens (tertiary/aromatic N) is 4. The SMILES string of the molecule is CCC(C)N1CC(C)(C)Oc2c(F)cc(-c3nc(Nc4ccc(C5=CC(=O)NCC5)cn4)ncc3F)cc21. The van der Waals surface area contributed by atoms with Crippen molar-refractivity contribution in [1.82, 2.24) is 20.3 Å². The molecule has 0 spiro atoms. The van der Waals surface area contributed by atoms with E-state index in [2.05, 4.69) is 44.3 Å². The first-order valence-electron chi connectivity index (χ1n) is 12.7. The van der Waals surface area contributed by atoms with E-state index in [-0.39, 0.29) is 34.9 Å². The Labute approximate surface area is 220 Å². The third kappa shape index (κ3) is 5.16. The fraction of sp³-hybridized carbons (Fsp3) is 0.357. The molecule has 2 N–H and O–H groups in total. The third-order valence-corrected chi connectivity index (χ3v) is 6.78. The predicted molar refractivity (Wildman–Crippen MR) is 142 cm³/mol. The number of carbonyl (C=O) groups excluding carboxylic acids is 1. The van der Waals surface area contributed by atoms with Gasteiger partial charge in [0.25, 0.3) is 0 Å². The van der Waals surface area contributed by atoms with Crippen molar-refractivity contribution < 1.29 is 18.3 Å². The van der Waals surface area contributed by atoms with E-state index in [1.54, 1.807) is 24.4 Å². The van der Waals surface area contributed by atoms with Crippen LogP contribution in [0.3, 0.4) is 0 Å². The number of ether oxygens (including phenoxy) is 1. The van der Waals surface area contributed by atoms with Crippen LogP contribution in [0.1, 0.15) is 46.1 Å². The number of amides is 1. The summed E-state index contributed by atoms with van der Waals surface area (Å²) in [6, 6.07) is 6.67. The molecule has 1 atom stereocenters. The second kappa shape index (κ2) is 10.00. The maximum atomic E-state index is 15.3. The summed E-state index contributed by atoms with van der Waals surface area (Å²) in [6.45, 7) is 9.13. The van der Waals surface area contributed by atoms with Crippen molar-refractivity contribution in [2.75, 3.05) is 23.3 Å². The molecular weight excluding hydrogens is 490 g/mol. The minimum absolute atomic E-state index is 0.0341. The Morgan fingerprint density at radius 2 is 1.97 bits per heavy atom. The summed E-state index contributed by atoms with van der Waals surface area (Å²) in [6.07, 6.45) is 5.84. The van der Waals surface area contributed by atoms with Crippen LogP contribution in [0.2, 0.25) is 0 Å². The summed E-state index contributed by atoms with van der Waals surface area (Å²) in [5.41, 5.74) is 2.00. The standard InChI is InChI=1S/C28H30F2N6O2/c1-5-16(2)36-15-28(3,4)38-26-20(29)10-19(11-22(26)36)25-21(30)14-33-27(35-25)34-23-7-6-18(13-32-23)17-8-9-31-24(37)12-17/h6-7,10-14,16H,5,8-9,15H2,1-4H3,(H,31,37)(H,32,33,34,35). The Balaban J connectivity index is 1.44. The van der Waals surface area contributed by atoms with Crippen molar-refractivity contribution >= 4 is 28.9 Å². The normalized spacial score (nSPS) is 17.2. The molecule has 4 heterocycles. The number of hydrogen-bond donors (Lipinski definition) is 2. The molecule has 1 amide bonds. The van der Waals surface area contributed by atoms with Gasteiger partial charge in [0.2, 0.25) is 11.9 Å². The molecule has 2 aliphatic heterocycles. The third-order valence-electron chi connectivity index (χ3n) is 6.78. The smallest absolute Gasteiger partial charge is 0.244 e. The van der Waals surface area contributed by atoms with Gasteiger partial charge in [-0.15, -0.1) is 0 Å². The van der Waals surface area contributed by atoms with Crippen LogP contribution in [0, 0.1) is 11.6 Å². The molecule has 8 nitrogen and oxygen atoms in total. The summed E-state index contributed by atoms with van der Waals surface area (Å²) in [5.74, 6) is -0.647. The summed E-state index contributed by atoms with van der Waals surface area (Å²) in [4.78, 5) is 26.5. The van der Waals surface area contributed by atoms with E-state index < -0.39 is 17.2 Å². The van der Waals surface area contributed by atoms with E-state index in [1.165, 1.54) is 6.07 Å². The second-order valence-electron chi connectivity index (χ2n) is 10.2. The molecule has 0 saturated heterocycles. The van der Waals surface area contributed by atoms with Crippen molar-refractivity contribution in [1.29, 1.82) is 0 Å². The topological polar surface area (TPSA) is 92.3 Å². The lowest BCUT2D eigenvalue weighted by atomic mass is 10.00. The zero-order valence-corrected chi connectivity index (χ0v) is 21.8. The van der Waals surface area contributed by atoms with E-state index in [0.717, 1.165) is 30.2 Å². The van der Waals surface area contributed by atoms with E-state index in [0.29, 0.717) is 24.6 Å². The molecule has 0 saturated carbocycles. The Hall–Kier alpha value is -4.08. The van der Waals surface area contributed by atoms with Gasteiger partial charge in [-0.25, -0.2) is 23.7 Å². The van der Waals surface area contributed by atoms with Crippen LogP contribution in [-0.2, 0) is 4.79 Å². The van der Waals surface area contributed by atoms with Gasteiger partial charge in [-0.05, 0) is 69.0 Å². The molecule has 1 unspecified atom stereocenters. The first-order valence-corrected chi connectivity index (χ1v) is 12.7. The summed E-state index contributed by atoms with van der Waals surface area (Å²) in [5, 5.41) is 5.73. The Morgan fingerprint density at radius 3 is 2.68 bits per heavy atom. The van der Waals surface area contributed by atoms with E-state index >= 15 is 4.39 Å². The molecule has 2 aromatic heterocycles. The van der Waals surface area contributed by atoms with Crippen molar-refractivity contribution in [3.63, 3.8) is 0 Å². The average Bonchev–Trinajstić information content (AvgIpc) is 2.89. The highest BCUT2D eigenvalue weighted by atomic mass is 19.1. The highest BCUT2D eigenvalue weighted by molar-refractivity contribution is 5.96.